The number of aromatic nitrogens is 3. The van der Waals surface area contributed by atoms with Crippen LogP contribution in [0.15, 0.2) is 29.3 Å². The van der Waals surface area contributed by atoms with E-state index in [0.717, 1.165) is 0 Å². The topological polar surface area (TPSA) is 70.9 Å². The first-order chi connectivity index (χ1) is 6.68. The normalized spacial score (nSPS) is 10.4. The van der Waals surface area contributed by atoms with Crippen molar-refractivity contribution in [2.45, 2.75) is 0 Å². The van der Waals surface area contributed by atoms with Crippen LogP contribution >= 0.6 is 11.6 Å². The third-order valence-corrected chi connectivity index (χ3v) is 2.08. The Morgan fingerprint density at radius 3 is 2.86 bits per heavy atom. The lowest BCUT2D eigenvalue weighted by Gasteiger charge is -2.01. The molecule has 6 heteroatoms. The Morgan fingerprint density at radius 2 is 2.29 bits per heavy atom. The van der Waals surface area contributed by atoms with Crippen molar-refractivity contribution >= 4 is 11.6 Å². The summed E-state index contributed by atoms with van der Waals surface area (Å²) >= 11 is 5.62. The Bertz CT molecular complexity index is 517. The van der Waals surface area contributed by atoms with Crippen molar-refractivity contribution in [3.05, 3.63) is 40.0 Å². The number of aromatic hydroxyl groups is 1. The van der Waals surface area contributed by atoms with Gasteiger partial charge < -0.3 is 5.11 Å². The Balaban J connectivity index is 2.59. The van der Waals surface area contributed by atoms with Crippen LogP contribution in [-0.2, 0) is 0 Å². The standard InChI is InChI=1S/C8H6ClN3O2/c9-6-2-1-5(3-7(6)13)12-4-10-11-8(12)14/h1-4,13H,(H,11,14). The van der Waals surface area contributed by atoms with Crippen LogP contribution in [0, 0.1) is 0 Å². The highest BCUT2D eigenvalue weighted by molar-refractivity contribution is 6.32. The van der Waals surface area contributed by atoms with Gasteiger partial charge in [0.05, 0.1) is 10.7 Å². The number of H-pyrrole nitrogens is 1. The number of aromatic amines is 1. The summed E-state index contributed by atoms with van der Waals surface area (Å²) in [5.74, 6) is -0.0720. The minimum atomic E-state index is -0.369. The molecule has 2 rings (SSSR count). The third kappa shape index (κ3) is 1.38. The van der Waals surface area contributed by atoms with Gasteiger partial charge in [0.25, 0.3) is 0 Å². The summed E-state index contributed by atoms with van der Waals surface area (Å²) in [6, 6.07) is 4.50. The highest BCUT2D eigenvalue weighted by Crippen LogP contribution is 2.24. The quantitative estimate of drug-likeness (QED) is 0.737. The number of benzene rings is 1. The number of phenolic OH excluding ortho intramolecular Hbond substituents is 1. The molecule has 0 amide bonds. The van der Waals surface area contributed by atoms with Gasteiger partial charge in [0.1, 0.15) is 12.1 Å². The first kappa shape index (κ1) is 8.83. The van der Waals surface area contributed by atoms with E-state index in [0.29, 0.717) is 5.69 Å². The molecule has 1 aromatic heterocycles. The monoisotopic (exact) mass is 211 g/mol. The predicted molar refractivity (Wildman–Crippen MR) is 50.9 cm³/mol. The molecule has 0 spiro atoms. The van der Waals surface area contributed by atoms with Gasteiger partial charge in [-0.3, -0.25) is 0 Å². The lowest BCUT2D eigenvalue weighted by Crippen LogP contribution is -2.13. The molecule has 0 aliphatic carbocycles. The molecule has 0 saturated heterocycles. The molecule has 1 heterocycles. The minimum absolute atomic E-state index is 0.0720. The molecular formula is C8H6ClN3O2. The van der Waals surface area contributed by atoms with E-state index in [1.165, 1.54) is 23.0 Å². The lowest BCUT2D eigenvalue weighted by atomic mass is 10.3. The average molecular weight is 212 g/mol. The first-order valence-corrected chi connectivity index (χ1v) is 4.17. The van der Waals surface area contributed by atoms with Crippen LogP contribution in [0.4, 0.5) is 0 Å². The fourth-order valence-electron chi connectivity index (χ4n) is 1.08. The van der Waals surface area contributed by atoms with Crippen molar-refractivity contribution in [3.8, 4) is 11.4 Å². The summed E-state index contributed by atoms with van der Waals surface area (Å²) in [7, 11) is 0. The summed E-state index contributed by atoms with van der Waals surface area (Å²) in [6.07, 6.45) is 1.32. The number of nitrogens with one attached hydrogen (secondary N) is 1. The SMILES string of the molecule is O=c1[nH]ncn1-c1ccc(Cl)c(O)c1. The van der Waals surface area contributed by atoms with Crippen LogP contribution in [0.3, 0.4) is 0 Å². The summed E-state index contributed by atoms with van der Waals surface area (Å²) in [4.78, 5) is 11.1. The average Bonchev–Trinajstić information content (AvgIpc) is 2.57. The fraction of sp³-hybridized carbons (Fsp3) is 0. The number of rotatable bonds is 1. The maximum atomic E-state index is 11.1. The van der Waals surface area contributed by atoms with Crippen molar-refractivity contribution in [2.75, 3.05) is 0 Å². The number of halogens is 1. The van der Waals surface area contributed by atoms with Gasteiger partial charge in [-0.1, -0.05) is 11.6 Å². The zero-order valence-electron chi connectivity index (χ0n) is 6.94. The molecule has 0 aliphatic rings. The molecular weight excluding hydrogens is 206 g/mol. The van der Waals surface area contributed by atoms with Gasteiger partial charge in [-0.25, -0.2) is 14.5 Å². The molecule has 0 unspecified atom stereocenters. The van der Waals surface area contributed by atoms with Crippen molar-refractivity contribution in [1.29, 1.82) is 0 Å². The summed E-state index contributed by atoms with van der Waals surface area (Å²) in [5, 5.41) is 15.4. The van der Waals surface area contributed by atoms with E-state index in [2.05, 4.69) is 10.2 Å². The van der Waals surface area contributed by atoms with E-state index < -0.39 is 0 Å². The van der Waals surface area contributed by atoms with Crippen LogP contribution in [0.1, 0.15) is 0 Å². The second-order valence-corrected chi connectivity index (χ2v) is 3.07. The van der Waals surface area contributed by atoms with Gasteiger partial charge in [0, 0.05) is 6.07 Å². The Labute approximate surface area is 83.6 Å². The van der Waals surface area contributed by atoms with Gasteiger partial charge in [0.2, 0.25) is 0 Å². The van der Waals surface area contributed by atoms with Crippen LogP contribution in [-0.4, -0.2) is 19.9 Å². The number of phenols is 1. The fourth-order valence-corrected chi connectivity index (χ4v) is 1.20. The van der Waals surface area contributed by atoms with E-state index in [-0.39, 0.29) is 16.5 Å². The Kier molecular flexibility index (Phi) is 2.01. The van der Waals surface area contributed by atoms with Gasteiger partial charge in [0.15, 0.2) is 0 Å². The van der Waals surface area contributed by atoms with E-state index in [4.69, 9.17) is 11.6 Å². The molecule has 2 aromatic rings. The van der Waals surface area contributed by atoms with Gasteiger partial charge in [-0.05, 0) is 12.1 Å². The highest BCUT2D eigenvalue weighted by atomic mass is 35.5. The molecule has 5 nitrogen and oxygen atoms in total. The Morgan fingerprint density at radius 1 is 1.50 bits per heavy atom. The summed E-state index contributed by atoms with van der Waals surface area (Å²) < 4.78 is 1.26. The lowest BCUT2D eigenvalue weighted by molar-refractivity contribution is 0.475. The minimum Gasteiger partial charge on any atom is -0.506 e. The second-order valence-electron chi connectivity index (χ2n) is 2.67. The van der Waals surface area contributed by atoms with Gasteiger partial charge >= 0.3 is 5.69 Å². The third-order valence-electron chi connectivity index (χ3n) is 1.76. The van der Waals surface area contributed by atoms with Crippen LogP contribution in [0.25, 0.3) is 5.69 Å². The molecule has 72 valence electrons. The molecule has 0 fully saturated rings. The van der Waals surface area contributed by atoms with Gasteiger partial charge in [-0.15, -0.1) is 0 Å². The van der Waals surface area contributed by atoms with Gasteiger partial charge in [-0.2, -0.15) is 5.10 Å². The first-order valence-electron chi connectivity index (χ1n) is 3.79. The smallest absolute Gasteiger partial charge is 0.347 e. The van der Waals surface area contributed by atoms with Crippen molar-refractivity contribution in [3.63, 3.8) is 0 Å². The van der Waals surface area contributed by atoms with E-state index >= 15 is 0 Å². The van der Waals surface area contributed by atoms with Crippen molar-refractivity contribution in [1.82, 2.24) is 14.8 Å². The second kappa shape index (κ2) is 3.19. The zero-order chi connectivity index (χ0) is 10.1. The molecule has 0 atom stereocenters. The van der Waals surface area contributed by atoms with Crippen LogP contribution in [0.2, 0.25) is 5.02 Å². The van der Waals surface area contributed by atoms with E-state index in [1.807, 2.05) is 0 Å². The summed E-state index contributed by atoms with van der Waals surface area (Å²) in [5.41, 5.74) is 0.136. The molecule has 0 aliphatic heterocycles. The zero-order valence-corrected chi connectivity index (χ0v) is 7.69. The molecule has 0 bridgehead atoms. The summed E-state index contributed by atoms with van der Waals surface area (Å²) in [6.45, 7) is 0. The molecule has 0 radical (unpaired) electrons. The molecule has 14 heavy (non-hydrogen) atoms. The van der Waals surface area contributed by atoms with E-state index in [1.54, 1.807) is 6.07 Å². The molecule has 0 saturated carbocycles. The molecule has 1 aromatic carbocycles. The number of hydrogen-bond donors (Lipinski definition) is 2. The maximum absolute atomic E-state index is 11.1. The highest BCUT2D eigenvalue weighted by Gasteiger charge is 2.03. The maximum Gasteiger partial charge on any atom is 0.347 e. The van der Waals surface area contributed by atoms with Crippen molar-refractivity contribution < 1.29 is 5.11 Å². The predicted octanol–water partition coefficient (Wildman–Crippen LogP) is 0.920. The van der Waals surface area contributed by atoms with Crippen LogP contribution in [0.5, 0.6) is 5.75 Å². The largest absolute Gasteiger partial charge is 0.506 e. The molecule has 2 N–H and O–H groups in total. The Hall–Kier alpha value is -1.75. The number of hydrogen-bond acceptors (Lipinski definition) is 3. The van der Waals surface area contributed by atoms with Crippen molar-refractivity contribution in [2.24, 2.45) is 0 Å². The van der Waals surface area contributed by atoms with Crippen LogP contribution < -0.4 is 5.69 Å². The number of nitrogens with zero attached hydrogens (tertiary/aromatic N) is 2. The van der Waals surface area contributed by atoms with E-state index in [9.17, 15) is 9.90 Å².